The highest BCUT2D eigenvalue weighted by atomic mass is 16.3. The van der Waals surface area contributed by atoms with Crippen LogP contribution in [0, 0.1) is 6.92 Å². The zero-order chi connectivity index (χ0) is 9.84. The van der Waals surface area contributed by atoms with Gasteiger partial charge in [-0.05, 0) is 19.1 Å². The second kappa shape index (κ2) is 4.26. The zero-order valence-electron chi connectivity index (χ0n) is 8.46. The number of rotatable bonds is 4. The molecule has 2 heteroatoms. The average molecular weight is 180 g/mol. The Kier molecular flexibility index (Phi) is 3.29. The monoisotopic (exact) mass is 180 g/mol. The van der Waals surface area contributed by atoms with Crippen LogP contribution in [0.3, 0.4) is 0 Å². The molecule has 0 N–H and O–H groups in total. The Labute approximate surface area is 78.9 Å². The molecule has 0 aliphatic carbocycles. The highest BCUT2D eigenvalue weighted by molar-refractivity contribution is 5.78. The summed E-state index contributed by atoms with van der Waals surface area (Å²) >= 11 is 0. The van der Waals surface area contributed by atoms with E-state index in [-0.39, 0.29) is 5.92 Å². The summed E-state index contributed by atoms with van der Waals surface area (Å²) in [4.78, 5) is 11.2. The van der Waals surface area contributed by atoms with Crippen molar-refractivity contribution in [2.45, 2.75) is 39.5 Å². The molecule has 72 valence electrons. The minimum Gasteiger partial charge on any atom is -0.466 e. The molecule has 0 unspecified atom stereocenters. The van der Waals surface area contributed by atoms with E-state index in [4.69, 9.17) is 4.42 Å². The molecule has 0 aromatic carbocycles. The van der Waals surface area contributed by atoms with Crippen LogP contribution in [0.25, 0.3) is 0 Å². The molecule has 0 radical (unpaired) electrons. The molecule has 1 rings (SSSR count). The van der Waals surface area contributed by atoms with Crippen LogP contribution in [0.4, 0.5) is 0 Å². The number of aryl methyl sites for hydroxylation is 1. The molecule has 1 atom stereocenters. The van der Waals surface area contributed by atoms with Crippen molar-refractivity contribution in [3.8, 4) is 0 Å². The van der Waals surface area contributed by atoms with Crippen molar-refractivity contribution in [2.75, 3.05) is 0 Å². The number of carbonyl (C=O) groups is 1. The molecule has 0 aliphatic rings. The third-order valence-corrected chi connectivity index (χ3v) is 2.18. The summed E-state index contributed by atoms with van der Waals surface area (Å²) in [7, 11) is 0. The van der Waals surface area contributed by atoms with Gasteiger partial charge in [0.15, 0.2) is 0 Å². The fourth-order valence-electron chi connectivity index (χ4n) is 1.30. The lowest BCUT2D eigenvalue weighted by Crippen LogP contribution is -2.01. The minimum absolute atomic E-state index is 0.209. The second-order valence-electron chi connectivity index (χ2n) is 3.45. The molecule has 0 aliphatic heterocycles. The number of ketones is 1. The van der Waals surface area contributed by atoms with E-state index < -0.39 is 0 Å². The Morgan fingerprint density at radius 1 is 1.54 bits per heavy atom. The summed E-state index contributed by atoms with van der Waals surface area (Å²) in [6, 6.07) is 3.88. The van der Waals surface area contributed by atoms with E-state index in [1.807, 2.05) is 32.9 Å². The van der Waals surface area contributed by atoms with Crippen molar-refractivity contribution in [1.29, 1.82) is 0 Å². The molecular weight excluding hydrogens is 164 g/mol. The normalized spacial score (nSPS) is 12.8. The van der Waals surface area contributed by atoms with Gasteiger partial charge in [0, 0.05) is 18.8 Å². The summed E-state index contributed by atoms with van der Waals surface area (Å²) in [5, 5.41) is 0. The topological polar surface area (TPSA) is 30.2 Å². The van der Waals surface area contributed by atoms with E-state index in [0.29, 0.717) is 18.6 Å². The van der Waals surface area contributed by atoms with Crippen molar-refractivity contribution in [3.05, 3.63) is 23.7 Å². The molecular formula is C11H16O2. The van der Waals surface area contributed by atoms with Crippen LogP contribution in [0.5, 0.6) is 0 Å². The van der Waals surface area contributed by atoms with E-state index >= 15 is 0 Å². The Morgan fingerprint density at radius 2 is 2.23 bits per heavy atom. The molecule has 0 bridgehead atoms. The maximum atomic E-state index is 11.2. The van der Waals surface area contributed by atoms with Gasteiger partial charge in [-0.25, -0.2) is 0 Å². The van der Waals surface area contributed by atoms with E-state index in [9.17, 15) is 4.79 Å². The van der Waals surface area contributed by atoms with Crippen LogP contribution >= 0.6 is 0 Å². The minimum atomic E-state index is 0.209. The number of hydrogen-bond acceptors (Lipinski definition) is 2. The molecule has 2 nitrogen and oxygen atoms in total. The standard InChI is InChI=1S/C11H16O2/c1-4-10(12)7-8(2)11-6-5-9(3)13-11/h5-6,8H,4,7H2,1-3H3/t8-/m0/s1. The van der Waals surface area contributed by atoms with E-state index in [2.05, 4.69) is 0 Å². The Morgan fingerprint density at radius 3 is 2.69 bits per heavy atom. The summed E-state index contributed by atoms with van der Waals surface area (Å²) in [5.41, 5.74) is 0. The Balaban J connectivity index is 2.58. The molecule has 1 aromatic heterocycles. The third-order valence-electron chi connectivity index (χ3n) is 2.18. The zero-order valence-corrected chi connectivity index (χ0v) is 8.46. The van der Waals surface area contributed by atoms with Crippen molar-refractivity contribution in [3.63, 3.8) is 0 Å². The first-order valence-electron chi connectivity index (χ1n) is 4.71. The molecule has 13 heavy (non-hydrogen) atoms. The Bertz CT molecular complexity index is 286. The number of carbonyl (C=O) groups excluding carboxylic acids is 1. The number of Topliss-reactive ketones (excluding diaryl/α,β-unsaturated/α-hetero) is 1. The van der Waals surface area contributed by atoms with Crippen LogP contribution < -0.4 is 0 Å². The van der Waals surface area contributed by atoms with Crippen LogP contribution in [0.1, 0.15) is 44.1 Å². The molecule has 1 aromatic rings. The molecule has 1 heterocycles. The van der Waals surface area contributed by atoms with Gasteiger partial charge in [-0.15, -0.1) is 0 Å². The van der Waals surface area contributed by atoms with Gasteiger partial charge in [0.05, 0.1) is 0 Å². The summed E-state index contributed by atoms with van der Waals surface area (Å²) < 4.78 is 5.44. The number of furan rings is 1. The van der Waals surface area contributed by atoms with E-state index in [1.54, 1.807) is 0 Å². The van der Waals surface area contributed by atoms with E-state index in [1.165, 1.54) is 0 Å². The average Bonchev–Trinajstić information content (AvgIpc) is 2.51. The lowest BCUT2D eigenvalue weighted by atomic mass is 10.0. The maximum absolute atomic E-state index is 11.2. The third kappa shape index (κ3) is 2.72. The molecule has 0 amide bonds. The SMILES string of the molecule is CCC(=O)C[C@H](C)c1ccc(C)o1. The van der Waals surface area contributed by atoms with Gasteiger partial charge < -0.3 is 4.42 Å². The highest BCUT2D eigenvalue weighted by Gasteiger charge is 2.12. The van der Waals surface area contributed by atoms with Gasteiger partial charge >= 0.3 is 0 Å². The van der Waals surface area contributed by atoms with Crippen molar-refractivity contribution < 1.29 is 9.21 Å². The van der Waals surface area contributed by atoms with Gasteiger partial charge in [-0.3, -0.25) is 4.79 Å². The lowest BCUT2D eigenvalue weighted by molar-refractivity contribution is -0.119. The lowest BCUT2D eigenvalue weighted by Gasteiger charge is -2.05. The van der Waals surface area contributed by atoms with E-state index in [0.717, 1.165) is 11.5 Å². The first-order valence-corrected chi connectivity index (χ1v) is 4.71. The predicted octanol–water partition coefficient (Wildman–Crippen LogP) is 3.06. The molecule has 0 saturated carbocycles. The summed E-state index contributed by atoms with van der Waals surface area (Å²) in [5.74, 6) is 2.33. The Hall–Kier alpha value is -1.05. The fourth-order valence-corrected chi connectivity index (χ4v) is 1.30. The first kappa shape index (κ1) is 10.0. The quantitative estimate of drug-likeness (QED) is 0.712. The van der Waals surface area contributed by atoms with Crippen molar-refractivity contribution in [2.24, 2.45) is 0 Å². The van der Waals surface area contributed by atoms with Crippen molar-refractivity contribution in [1.82, 2.24) is 0 Å². The molecule has 0 saturated heterocycles. The van der Waals surface area contributed by atoms with Gasteiger partial charge in [-0.1, -0.05) is 13.8 Å². The molecule has 0 spiro atoms. The first-order chi connectivity index (χ1) is 6.13. The van der Waals surface area contributed by atoms with Gasteiger partial charge in [0.1, 0.15) is 17.3 Å². The van der Waals surface area contributed by atoms with Crippen LogP contribution in [0.2, 0.25) is 0 Å². The highest BCUT2D eigenvalue weighted by Crippen LogP contribution is 2.21. The maximum Gasteiger partial charge on any atom is 0.133 e. The smallest absolute Gasteiger partial charge is 0.133 e. The summed E-state index contributed by atoms with van der Waals surface area (Å²) in [6.07, 6.45) is 1.20. The van der Waals surface area contributed by atoms with Gasteiger partial charge in [0.25, 0.3) is 0 Å². The van der Waals surface area contributed by atoms with Crippen LogP contribution in [-0.2, 0) is 4.79 Å². The van der Waals surface area contributed by atoms with Crippen molar-refractivity contribution >= 4 is 5.78 Å². The van der Waals surface area contributed by atoms with Gasteiger partial charge in [0.2, 0.25) is 0 Å². The largest absolute Gasteiger partial charge is 0.466 e. The summed E-state index contributed by atoms with van der Waals surface area (Å²) in [6.45, 7) is 5.83. The second-order valence-corrected chi connectivity index (χ2v) is 3.45. The predicted molar refractivity (Wildman–Crippen MR) is 51.8 cm³/mol. The van der Waals surface area contributed by atoms with Crippen LogP contribution in [-0.4, -0.2) is 5.78 Å². The van der Waals surface area contributed by atoms with Crippen LogP contribution in [0.15, 0.2) is 16.5 Å². The number of hydrogen-bond donors (Lipinski definition) is 0. The fraction of sp³-hybridized carbons (Fsp3) is 0.545. The van der Waals surface area contributed by atoms with Gasteiger partial charge in [-0.2, -0.15) is 0 Å². The molecule has 0 fully saturated rings.